The molecule has 2 aromatic carbocycles. The summed E-state index contributed by atoms with van der Waals surface area (Å²) in [5.74, 6) is 0.917. The highest BCUT2D eigenvalue weighted by molar-refractivity contribution is 5.80. The number of imidazole rings is 1. The highest BCUT2D eigenvalue weighted by atomic mass is 16.5. The first-order valence-corrected chi connectivity index (χ1v) is 8.77. The molecule has 1 aromatic heterocycles. The van der Waals surface area contributed by atoms with Gasteiger partial charge in [0.15, 0.2) is 0 Å². The number of aromatic nitrogens is 2. The number of nitrogens with zero attached hydrogens (tertiary/aromatic N) is 1. The van der Waals surface area contributed by atoms with E-state index in [4.69, 9.17) is 9.72 Å². The minimum atomic E-state index is 0.0575. The first kappa shape index (κ1) is 16.7. The number of aryl methyl sites for hydroxylation is 2. The molecule has 3 rings (SSSR count). The van der Waals surface area contributed by atoms with Crippen molar-refractivity contribution in [3.8, 4) is 11.4 Å². The smallest absolute Gasteiger partial charge is 0.138 e. The lowest BCUT2D eigenvalue weighted by Crippen LogP contribution is -2.04. The Bertz CT molecular complexity index is 835. The van der Waals surface area contributed by atoms with Gasteiger partial charge in [-0.05, 0) is 56.5 Å². The summed E-state index contributed by atoms with van der Waals surface area (Å²) in [5, 5.41) is 0. The Hall–Kier alpha value is -2.13. The maximum Gasteiger partial charge on any atom is 0.138 e. The van der Waals surface area contributed by atoms with Gasteiger partial charge in [0.1, 0.15) is 5.82 Å². The van der Waals surface area contributed by atoms with Crippen molar-refractivity contribution in [3.63, 3.8) is 0 Å². The summed E-state index contributed by atoms with van der Waals surface area (Å²) in [6.07, 6.45) is 2.30. The summed E-state index contributed by atoms with van der Waals surface area (Å²) in [5.41, 5.74) is 6.87. The van der Waals surface area contributed by atoms with Crippen molar-refractivity contribution in [2.24, 2.45) is 0 Å². The van der Waals surface area contributed by atoms with Gasteiger partial charge < -0.3 is 9.72 Å². The van der Waals surface area contributed by atoms with E-state index in [0.29, 0.717) is 0 Å². The van der Waals surface area contributed by atoms with Crippen LogP contribution in [0.3, 0.4) is 0 Å². The highest BCUT2D eigenvalue weighted by Crippen LogP contribution is 2.31. The zero-order chi connectivity index (χ0) is 17.1. The molecule has 1 N–H and O–H groups in total. The van der Waals surface area contributed by atoms with E-state index < -0.39 is 0 Å². The molecule has 0 saturated heterocycles. The van der Waals surface area contributed by atoms with E-state index in [2.05, 4.69) is 69.1 Å². The van der Waals surface area contributed by atoms with Crippen LogP contribution in [-0.4, -0.2) is 16.6 Å². The summed E-state index contributed by atoms with van der Waals surface area (Å²) < 4.78 is 6.02. The fourth-order valence-corrected chi connectivity index (χ4v) is 2.97. The molecule has 0 aliphatic carbocycles. The second-order valence-corrected chi connectivity index (χ2v) is 6.56. The standard InChI is InChI=1S/C21H26N2O/c1-5-6-11-24-16(4)17-9-7-14(2)12-18(17)21-22-19-10-8-15(3)13-20(19)23-21/h7-10,12-13,16H,5-6,11H2,1-4H3,(H,22,23)/t16-/m0/s1. The summed E-state index contributed by atoms with van der Waals surface area (Å²) in [7, 11) is 0. The number of hydrogen-bond acceptors (Lipinski definition) is 2. The van der Waals surface area contributed by atoms with Gasteiger partial charge in [-0.25, -0.2) is 4.98 Å². The van der Waals surface area contributed by atoms with Gasteiger partial charge in [-0.15, -0.1) is 0 Å². The summed E-state index contributed by atoms with van der Waals surface area (Å²) in [4.78, 5) is 8.27. The Kier molecular flexibility index (Phi) is 5.00. The van der Waals surface area contributed by atoms with Gasteiger partial charge in [0, 0.05) is 12.2 Å². The zero-order valence-electron chi connectivity index (χ0n) is 15.0. The minimum Gasteiger partial charge on any atom is -0.374 e. The van der Waals surface area contributed by atoms with Gasteiger partial charge in [0.2, 0.25) is 0 Å². The van der Waals surface area contributed by atoms with Crippen molar-refractivity contribution >= 4 is 11.0 Å². The largest absolute Gasteiger partial charge is 0.374 e. The Morgan fingerprint density at radius 2 is 1.83 bits per heavy atom. The van der Waals surface area contributed by atoms with Crippen molar-refractivity contribution in [3.05, 3.63) is 53.1 Å². The van der Waals surface area contributed by atoms with E-state index in [0.717, 1.165) is 41.9 Å². The molecule has 3 nitrogen and oxygen atoms in total. The lowest BCUT2D eigenvalue weighted by atomic mass is 10.00. The Balaban J connectivity index is 2.00. The molecule has 0 bridgehead atoms. The first-order valence-electron chi connectivity index (χ1n) is 8.77. The van der Waals surface area contributed by atoms with Crippen LogP contribution in [0.5, 0.6) is 0 Å². The van der Waals surface area contributed by atoms with E-state index in [-0.39, 0.29) is 6.10 Å². The van der Waals surface area contributed by atoms with Crippen molar-refractivity contribution in [1.82, 2.24) is 9.97 Å². The minimum absolute atomic E-state index is 0.0575. The van der Waals surface area contributed by atoms with Gasteiger partial charge in [0.05, 0.1) is 17.1 Å². The molecule has 0 amide bonds. The third kappa shape index (κ3) is 3.51. The van der Waals surface area contributed by atoms with Crippen LogP contribution in [-0.2, 0) is 4.74 Å². The van der Waals surface area contributed by atoms with E-state index in [9.17, 15) is 0 Å². The lowest BCUT2D eigenvalue weighted by Gasteiger charge is -2.17. The van der Waals surface area contributed by atoms with Gasteiger partial charge in [-0.2, -0.15) is 0 Å². The fraction of sp³-hybridized carbons (Fsp3) is 0.381. The van der Waals surface area contributed by atoms with Gasteiger partial charge in [-0.3, -0.25) is 0 Å². The molecule has 126 valence electrons. The summed E-state index contributed by atoms with van der Waals surface area (Å²) in [6.45, 7) is 9.31. The van der Waals surface area contributed by atoms with Crippen molar-refractivity contribution in [2.45, 2.75) is 46.6 Å². The van der Waals surface area contributed by atoms with Crippen LogP contribution in [0.25, 0.3) is 22.4 Å². The van der Waals surface area contributed by atoms with E-state index in [1.54, 1.807) is 0 Å². The fourth-order valence-electron chi connectivity index (χ4n) is 2.97. The van der Waals surface area contributed by atoms with E-state index in [1.165, 1.54) is 16.7 Å². The Labute approximate surface area is 144 Å². The normalized spacial score (nSPS) is 12.7. The summed E-state index contributed by atoms with van der Waals surface area (Å²) >= 11 is 0. The average molecular weight is 322 g/mol. The zero-order valence-corrected chi connectivity index (χ0v) is 15.0. The SMILES string of the molecule is CCCCO[C@@H](C)c1ccc(C)cc1-c1nc2ccc(C)cc2[nH]1. The number of unbranched alkanes of at least 4 members (excludes halogenated alkanes) is 1. The molecule has 0 aliphatic heterocycles. The maximum atomic E-state index is 6.02. The molecular formula is C21H26N2O. The number of H-pyrrole nitrogens is 1. The van der Waals surface area contributed by atoms with Gasteiger partial charge >= 0.3 is 0 Å². The Morgan fingerprint density at radius 1 is 1.08 bits per heavy atom. The van der Waals surface area contributed by atoms with Crippen LogP contribution in [0.4, 0.5) is 0 Å². The van der Waals surface area contributed by atoms with Crippen LogP contribution in [0.1, 0.15) is 49.5 Å². The molecule has 3 heteroatoms. The second kappa shape index (κ2) is 7.18. The number of fused-ring (bicyclic) bond motifs is 1. The molecule has 0 spiro atoms. The topological polar surface area (TPSA) is 37.9 Å². The third-order valence-corrected chi connectivity index (χ3v) is 4.41. The predicted octanol–water partition coefficient (Wildman–Crippen LogP) is 5.72. The lowest BCUT2D eigenvalue weighted by molar-refractivity contribution is 0.0640. The van der Waals surface area contributed by atoms with Crippen molar-refractivity contribution < 1.29 is 4.74 Å². The molecule has 24 heavy (non-hydrogen) atoms. The second-order valence-electron chi connectivity index (χ2n) is 6.56. The number of benzene rings is 2. The number of rotatable bonds is 6. The molecule has 0 aliphatic rings. The number of hydrogen-bond donors (Lipinski definition) is 1. The third-order valence-electron chi connectivity index (χ3n) is 4.41. The Morgan fingerprint density at radius 3 is 2.62 bits per heavy atom. The molecular weight excluding hydrogens is 296 g/mol. The van der Waals surface area contributed by atoms with Gasteiger partial charge in [0.25, 0.3) is 0 Å². The van der Waals surface area contributed by atoms with Crippen LogP contribution >= 0.6 is 0 Å². The monoisotopic (exact) mass is 322 g/mol. The quantitative estimate of drug-likeness (QED) is 0.589. The molecule has 1 atom stereocenters. The van der Waals surface area contributed by atoms with Crippen molar-refractivity contribution in [2.75, 3.05) is 6.61 Å². The van der Waals surface area contributed by atoms with Crippen LogP contribution in [0.2, 0.25) is 0 Å². The molecule has 0 fully saturated rings. The average Bonchev–Trinajstić information content (AvgIpc) is 2.97. The van der Waals surface area contributed by atoms with E-state index in [1.807, 2.05) is 0 Å². The number of nitrogens with one attached hydrogen (secondary N) is 1. The van der Waals surface area contributed by atoms with E-state index >= 15 is 0 Å². The van der Waals surface area contributed by atoms with Crippen LogP contribution in [0, 0.1) is 13.8 Å². The van der Waals surface area contributed by atoms with Crippen molar-refractivity contribution in [1.29, 1.82) is 0 Å². The van der Waals surface area contributed by atoms with Crippen LogP contribution < -0.4 is 0 Å². The number of ether oxygens (including phenoxy) is 1. The summed E-state index contributed by atoms with van der Waals surface area (Å²) in [6, 6.07) is 12.8. The molecule has 1 heterocycles. The van der Waals surface area contributed by atoms with Crippen LogP contribution in [0.15, 0.2) is 36.4 Å². The first-order chi connectivity index (χ1) is 11.6. The predicted molar refractivity (Wildman–Crippen MR) is 100 cm³/mol. The highest BCUT2D eigenvalue weighted by Gasteiger charge is 2.15. The molecule has 3 aromatic rings. The number of aromatic amines is 1. The van der Waals surface area contributed by atoms with Gasteiger partial charge in [-0.1, -0.05) is 37.1 Å². The molecule has 0 radical (unpaired) electrons. The molecule has 0 saturated carbocycles. The molecule has 0 unspecified atom stereocenters. The maximum absolute atomic E-state index is 6.02.